The molecular formula is C15H21BrN2O3S. The van der Waals surface area contributed by atoms with Gasteiger partial charge < -0.3 is 4.90 Å². The zero-order chi connectivity index (χ0) is 16.3. The van der Waals surface area contributed by atoms with Crippen molar-refractivity contribution in [2.45, 2.75) is 19.8 Å². The molecule has 1 aliphatic heterocycles. The first-order chi connectivity index (χ1) is 10.3. The van der Waals surface area contributed by atoms with Gasteiger partial charge in [-0.2, -0.15) is 0 Å². The number of halogens is 1. The summed E-state index contributed by atoms with van der Waals surface area (Å²) in [6.07, 6.45) is 3.22. The van der Waals surface area contributed by atoms with E-state index in [4.69, 9.17) is 0 Å². The molecule has 5 nitrogen and oxygen atoms in total. The lowest BCUT2D eigenvalue weighted by atomic mass is 10.0. The monoisotopic (exact) mass is 388 g/mol. The van der Waals surface area contributed by atoms with Gasteiger partial charge >= 0.3 is 0 Å². The molecule has 122 valence electrons. The van der Waals surface area contributed by atoms with Crippen LogP contribution in [0.3, 0.4) is 0 Å². The van der Waals surface area contributed by atoms with Gasteiger partial charge in [0.1, 0.15) is 6.54 Å². The lowest BCUT2D eigenvalue weighted by Gasteiger charge is -2.33. The maximum atomic E-state index is 12.5. The Hall–Kier alpha value is -1.08. The molecule has 22 heavy (non-hydrogen) atoms. The topological polar surface area (TPSA) is 57.7 Å². The Bertz CT molecular complexity index is 631. The predicted octanol–water partition coefficient (Wildman–Crippen LogP) is 2.47. The van der Waals surface area contributed by atoms with Gasteiger partial charge in [-0.15, -0.1) is 0 Å². The molecule has 1 fully saturated rings. The van der Waals surface area contributed by atoms with E-state index < -0.39 is 10.0 Å². The summed E-state index contributed by atoms with van der Waals surface area (Å²) in [6.45, 7) is 3.38. The average Bonchev–Trinajstić information content (AvgIpc) is 2.44. The molecule has 1 saturated heterocycles. The van der Waals surface area contributed by atoms with Crippen molar-refractivity contribution in [1.29, 1.82) is 0 Å². The molecule has 1 amide bonds. The third-order valence-electron chi connectivity index (χ3n) is 3.80. The summed E-state index contributed by atoms with van der Waals surface area (Å²) in [7, 11) is -3.51. The highest BCUT2D eigenvalue weighted by molar-refractivity contribution is 9.10. The summed E-state index contributed by atoms with van der Waals surface area (Å²) in [5, 5.41) is 0. The second kappa shape index (κ2) is 7.00. The number of benzene rings is 1. The van der Waals surface area contributed by atoms with Crippen LogP contribution in [0.5, 0.6) is 0 Å². The minimum absolute atomic E-state index is 0.139. The summed E-state index contributed by atoms with van der Waals surface area (Å²) in [6, 6.07) is 6.91. The van der Waals surface area contributed by atoms with Crippen molar-refractivity contribution < 1.29 is 13.2 Å². The minimum atomic E-state index is -3.51. The average molecular weight is 389 g/mol. The summed E-state index contributed by atoms with van der Waals surface area (Å²) in [5.41, 5.74) is 0.504. The molecule has 1 aliphatic rings. The Kier molecular flexibility index (Phi) is 5.50. The van der Waals surface area contributed by atoms with E-state index in [9.17, 15) is 13.2 Å². The Morgan fingerprint density at radius 1 is 1.36 bits per heavy atom. The molecule has 1 heterocycles. The van der Waals surface area contributed by atoms with E-state index in [1.54, 1.807) is 29.2 Å². The number of rotatable bonds is 4. The minimum Gasteiger partial charge on any atom is -0.341 e. The van der Waals surface area contributed by atoms with E-state index in [1.165, 1.54) is 4.31 Å². The van der Waals surface area contributed by atoms with Crippen molar-refractivity contribution in [2.24, 2.45) is 5.92 Å². The van der Waals surface area contributed by atoms with Gasteiger partial charge in [0.25, 0.3) is 0 Å². The molecule has 0 radical (unpaired) electrons. The fraction of sp³-hybridized carbons (Fsp3) is 0.533. The van der Waals surface area contributed by atoms with Crippen LogP contribution in [0, 0.1) is 5.92 Å². The molecular weight excluding hydrogens is 368 g/mol. The summed E-state index contributed by atoms with van der Waals surface area (Å²) in [4.78, 5) is 14.2. The lowest BCUT2D eigenvalue weighted by molar-refractivity contribution is -0.131. The van der Waals surface area contributed by atoms with Crippen LogP contribution in [0.1, 0.15) is 19.8 Å². The maximum Gasteiger partial charge on any atom is 0.243 e. The summed E-state index contributed by atoms with van der Waals surface area (Å²) < 4.78 is 26.1. The molecule has 0 aliphatic carbocycles. The first-order valence-electron chi connectivity index (χ1n) is 7.28. The van der Waals surface area contributed by atoms with Gasteiger partial charge in [0.2, 0.25) is 15.9 Å². The molecule has 0 saturated carbocycles. The van der Waals surface area contributed by atoms with Crippen LogP contribution in [-0.2, 0) is 14.8 Å². The molecule has 0 unspecified atom stereocenters. The Balaban J connectivity index is 2.17. The van der Waals surface area contributed by atoms with Gasteiger partial charge in [-0.05, 0) is 43.0 Å². The van der Waals surface area contributed by atoms with Crippen LogP contribution >= 0.6 is 15.9 Å². The third-order valence-corrected chi connectivity index (χ3v) is 5.47. The lowest BCUT2D eigenvalue weighted by Crippen LogP contribution is -2.46. The molecule has 0 spiro atoms. The van der Waals surface area contributed by atoms with Gasteiger partial charge in [-0.3, -0.25) is 9.10 Å². The molecule has 1 atom stereocenters. The van der Waals surface area contributed by atoms with Crippen LogP contribution in [0.25, 0.3) is 0 Å². The van der Waals surface area contributed by atoms with E-state index >= 15 is 0 Å². The number of likely N-dealkylation sites (tertiary alicyclic amines) is 1. The molecule has 1 aromatic rings. The number of hydrogen-bond acceptors (Lipinski definition) is 3. The van der Waals surface area contributed by atoms with Crippen molar-refractivity contribution in [3.63, 3.8) is 0 Å². The van der Waals surface area contributed by atoms with Gasteiger partial charge in [-0.1, -0.05) is 22.9 Å². The molecule has 7 heteroatoms. The summed E-state index contributed by atoms with van der Waals surface area (Å²) in [5.74, 6) is 0.331. The SMILES string of the molecule is C[C@@H]1CCCN(C(=O)CN(c2ccc(Br)cc2)S(C)(=O)=O)C1. The standard InChI is InChI=1S/C15H21BrN2O3S/c1-12-4-3-9-17(10-12)15(19)11-18(22(2,20)21)14-7-5-13(16)6-8-14/h5-8,12H,3-4,9-11H2,1-2H3/t12-/m1/s1. The Labute approximate surface area is 140 Å². The normalized spacial score (nSPS) is 19.0. The molecule has 0 N–H and O–H groups in total. The second-order valence-electron chi connectivity index (χ2n) is 5.83. The van der Waals surface area contributed by atoms with Gasteiger partial charge in [-0.25, -0.2) is 8.42 Å². The number of amides is 1. The van der Waals surface area contributed by atoms with Crippen molar-refractivity contribution in [3.05, 3.63) is 28.7 Å². The molecule has 0 aromatic heterocycles. The first kappa shape index (κ1) is 17.3. The van der Waals surface area contributed by atoms with Crippen molar-refractivity contribution in [2.75, 3.05) is 30.2 Å². The molecule has 2 rings (SSSR count). The highest BCUT2D eigenvalue weighted by atomic mass is 79.9. The Morgan fingerprint density at radius 2 is 2.00 bits per heavy atom. The Morgan fingerprint density at radius 3 is 2.55 bits per heavy atom. The molecule has 0 bridgehead atoms. The zero-order valence-electron chi connectivity index (χ0n) is 12.8. The van der Waals surface area contributed by atoms with Gasteiger partial charge in [0.15, 0.2) is 0 Å². The van der Waals surface area contributed by atoms with Gasteiger partial charge in [0, 0.05) is 17.6 Å². The first-order valence-corrected chi connectivity index (χ1v) is 9.92. The van der Waals surface area contributed by atoms with E-state index in [0.717, 1.165) is 23.6 Å². The zero-order valence-corrected chi connectivity index (χ0v) is 15.2. The van der Waals surface area contributed by atoms with E-state index in [0.29, 0.717) is 24.7 Å². The quantitative estimate of drug-likeness (QED) is 0.795. The van der Waals surface area contributed by atoms with Crippen LogP contribution in [0.4, 0.5) is 5.69 Å². The number of anilines is 1. The van der Waals surface area contributed by atoms with Crippen LogP contribution < -0.4 is 4.31 Å². The maximum absolute atomic E-state index is 12.5. The summed E-state index contributed by atoms with van der Waals surface area (Å²) >= 11 is 3.32. The van der Waals surface area contributed by atoms with Gasteiger partial charge in [0.05, 0.1) is 11.9 Å². The second-order valence-corrected chi connectivity index (χ2v) is 8.66. The number of hydrogen-bond donors (Lipinski definition) is 0. The highest BCUT2D eigenvalue weighted by Gasteiger charge is 2.26. The third kappa shape index (κ3) is 4.46. The van der Waals surface area contributed by atoms with Crippen LogP contribution in [0.2, 0.25) is 0 Å². The number of sulfonamides is 1. The fourth-order valence-corrected chi connectivity index (χ4v) is 3.76. The number of nitrogens with zero attached hydrogens (tertiary/aromatic N) is 2. The van der Waals surface area contributed by atoms with Crippen molar-refractivity contribution >= 4 is 37.5 Å². The van der Waals surface area contributed by atoms with E-state index in [2.05, 4.69) is 22.9 Å². The van der Waals surface area contributed by atoms with Crippen molar-refractivity contribution in [3.8, 4) is 0 Å². The van der Waals surface area contributed by atoms with Crippen LogP contribution in [-0.4, -0.2) is 45.1 Å². The fourth-order valence-electron chi connectivity index (χ4n) is 2.65. The van der Waals surface area contributed by atoms with Crippen molar-refractivity contribution in [1.82, 2.24) is 4.90 Å². The number of piperidine rings is 1. The predicted molar refractivity (Wildman–Crippen MR) is 91.3 cm³/mol. The number of carbonyl (C=O) groups excluding carboxylic acids is 1. The molecule has 1 aromatic carbocycles. The van der Waals surface area contributed by atoms with Crippen LogP contribution in [0.15, 0.2) is 28.7 Å². The smallest absolute Gasteiger partial charge is 0.243 e. The highest BCUT2D eigenvalue weighted by Crippen LogP contribution is 2.22. The largest absolute Gasteiger partial charge is 0.341 e. The van der Waals surface area contributed by atoms with E-state index in [1.807, 2.05) is 0 Å². The number of carbonyl (C=O) groups is 1. The van der Waals surface area contributed by atoms with E-state index in [-0.39, 0.29) is 12.5 Å².